The fourth-order valence-electron chi connectivity index (χ4n) is 3.15. The molecule has 1 amide bonds. The van der Waals surface area contributed by atoms with Crippen LogP contribution in [0.1, 0.15) is 22.7 Å². The predicted octanol–water partition coefficient (Wildman–Crippen LogP) is 0.841. The van der Waals surface area contributed by atoms with E-state index in [1.165, 1.54) is 23.1 Å². The summed E-state index contributed by atoms with van der Waals surface area (Å²) in [6, 6.07) is 9.51. The molecule has 154 valence electrons. The Morgan fingerprint density at radius 1 is 1.17 bits per heavy atom. The van der Waals surface area contributed by atoms with Crippen molar-refractivity contribution in [3.8, 4) is 10.4 Å². The number of aryl methyl sites for hydroxylation is 2. The van der Waals surface area contributed by atoms with E-state index in [1.807, 2.05) is 30.3 Å². The number of aromatic amines is 1. The minimum absolute atomic E-state index is 0.288. The van der Waals surface area contributed by atoms with Crippen LogP contribution in [0.2, 0.25) is 0 Å². The highest BCUT2D eigenvalue weighted by atomic mass is 32.1. The highest BCUT2D eigenvalue weighted by molar-refractivity contribution is 7.09. The van der Waals surface area contributed by atoms with Gasteiger partial charge >= 0.3 is 5.69 Å². The van der Waals surface area contributed by atoms with Crippen LogP contribution in [0, 0.1) is 0 Å². The third-order valence-corrected chi connectivity index (χ3v) is 5.53. The highest BCUT2D eigenvalue weighted by Gasteiger charge is 2.18. The van der Waals surface area contributed by atoms with Gasteiger partial charge in [0.1, 0.15) is 11.3 Å². The SMILES string of the molecule is Cn1c(=O)c2[nH]c(CCCNC(=O)c3nnsc3-c3ccccc3)nc2n(C)c1=O. The fourth-order valence-corrected chi connectivity index (χ4v) is 3.82. The third-order valence-electron chi connectivity index (χ3n) is 4.76. The van der Waals surface area contributed by atoms with Crippen molar-refractivity contribution in [1.82, 2.24) is 34.0 Å². The summed E-state index contributed by atoms with van der Waals surface area (Å²) in [4.78, 5) is 44.8. The number of imidazole rings is 1. The average molecular weight is 425 g/mol. The van der Waals surface area contributed by atoms with Gasteiger partial charge in [-0.15, -0.1) is 5.10 Å². The van der Waals surface area contributed by atoms with E-state index >= 15 is 0 Å². The first kappa shape index (κ1) is 19.7. The van der Waals surface area contributed by atoms with E-state index in [4.69, 9.17) is 0 Å². The Balaban J connectivity index is 1.41. The molecule has 0 aliphatic rings. The highest BCUT2D eigenvalue weighted by Crippen LogP contribution is 2.25. The number of rotatable bonds is 6. The lowest BCUT2D eigenvalue weighted by atomic mass is 10.1. The molecule has 10 nitrogen and oxygen atoms in total. The zero-order valence-corrected chi connectivity index (χ0v) is 17.2. The van der Waals surface area contributed by atoms with Gasteiger partial charge in [0.2, 0.25) is 0 Å². The second-order valence-corrected chi connectivity index (χ2v) is 7.52. The van der Waals surface area contributed by atoms with Crippen molar-refractivity contribution in [2.24, 2.45) is 14.1 Å². The summed E-state index contributed by atoms with van der Waals surface area (Å²) in [5.41, 5.74) is 0.969. The first-order valence-corrected chi connectivity index (χ1v) is 10.0. The second-order valence-electron chi connectivity index (χ2n) is 6.76. The molecular formula is C19H19N7O3S. The minimum Gasteiger partial charge on any atom is -0.351 e. The Hall–Kier alpha value is -3.60. The molecule has 0 bridgehead atoms. The molecule has 1 aromatic carbocycles. The number of amides is 1. The Morgan fingerprint density at radius 3 is 2.70 bits per heavy atom. The van der Waals surface area contributed by atoms with E-state index in [2.05, 4.69) is 24.9 Å². The van der Waals surface area contributed by atoms with E-state index in [9.17, 15) is 14.4 Å². The van der Waals surface area contributed by atoms with Crippen molar-refractivity contribution in [2.45, 2.75) is 12.8 Å². The van der Waals surface area contributed by atoms with Crippen LogP contribution in [0.25, 0.3) is 21.6 Å². The van der Waals surface area contributed by atoms with Crippen LogP contribution in [0.5, 0.6) is 0 Å². The van der Waals surface area contributed by atoms with Gasteiger partial charge < -0.3 is 10.3 Å². The van der Waals surface area contributed by atoms with Crippen molar-refractivity contribution in [1.29, 1.82) is 0 Å². The van der Waals surface area contributed by atoms with Crippen molar-refractivity contribution >= 4 is 28.6 Å². The van der Waals surface area contributed by atoms with Crippen LogP contribution < -0.4 is 16.6 Å². The quantitative estimate of drug-likeness (QED) is 0.441. The molecule has 2 N–H and O–H groups in total. The number of carbonyl (C=O) groups excluding carboxylic acids is 1. The Bertz CT molecular complexity index is 1330. The average Bonchev–Trinajstić information content (AvgIpc) is 3.42. The first-order valence-electron chi connectivity index (χ1n) is 9.28. The second kappa shape index (κ2) is 8.03. The van der Waals surface area contributed by atoms with Gasteiger partial charge in [-0.3, -0.25) is 18.7 Å². The largest absolute Gasteiger partial charge is 0.351 e. The summed E-state index contributed by atoms with van der Waals surface area (Å²) in [7, 11) is 3.00. The van der Waals surface area contributed by atoms with Gasteiger partial charge in [-0.1, -0.05) is 34.8 Å². The van der Waals surface area contributed by atoms with Crippen LogP contribution in [0.4, 0.5) is 0 Å². The molecule has 0 radical (unpaired) electrons. The molecule has 4 aromatic rings. The van der Waals surface area contributed by atoms with E-state index < -0.39 is 11.2 Å². The number of carbonyl (C=O) groups is 1. The van der Waals surface area contributed by atoms with Crippen molar-refractivity contribution in [3.05, 3.63) is 62.7 Å². The molecule has 0 aliphatic carbocycles. The van der Waals surface area contributed by atoms with Crippen LogP contribution in [0.15, 0.2) is 39.9 Å². The molecule has 4 rings (SSSR count). The van der Waals surface area contributed by atoms with Gasteiger partial charge in [0.15, 0.2) is 11.3 Å². The van der Waals surface area contributed by atoms with Gasteiger partial charge in [0.25, 0.3) is 11.5 Å². The van der Waals surface area contributed by atoms with E-state index in [0.717, 1.165) is 15.0 Å². The van der Waals surface area contributed by atoms with Crippen LogP contribution in [-0.2, 0) is 20.5 Å². The number of fused-ring (bicyclic) bond motifs is 1. The molecule has 3 aromatic heterocycles. The van der Waals surface area contributed by atoms with Gasteiger partial charge in [-0.25, -0.2) is 9.78 Å². The molecule has 11 heteroatoms. The molecule has 0 atom stereocenters. The molecule has 0 unspecified atom stereocenters. The van der Waals surface area contributed by atoms with Crippen molar-refractivity contribution in [3.63, 3.8) is 0 Å². The number of nitrogens with one attached hydrogen (secondary N) is 2. The maximum absolute atomic E-state index is 12.5. The molecule has 0 fully saturated rings. The number of hydrogen-bond donors (Lipinski definition) is 2. The Kier molecular flexibility index (Phi) is 5.27. The monoisotopic (exact) mass is 425 g/mol. The van der Waals surface area contributed by atoms with Gasteiger partial charge in [-0.05, 0) is 23.5 Å². The summed E-state index contributed by atoms with van der Waals surface area (Å²) in [6.07, 6.45) is 1.10. The fraction of sp³-hybridized carbons (Fsp3) is 0.263. The number of nitrogens with zero attached hydrogens (tertiary/aromatic N) is 5. The molecule has 30 heavy (non-hydrogen) atoms. The first-order chi connectivity index (χ1) is 14.5. The van der Waals surface area contributed by atoms with Crippen molar-refractivity contribution < 1.29 is 4.79 Å². The van der Waals surface area contributed by atoms with Gasteiger partial charge in [0.05, 0.1) is 4.88 Å². The lowest BCUT2D eigenvalue weighted by Gasteiger charge is -2.04. The number of benzene rings is 1. The lowest BCUT2D eigenvalue weighted by Crippen LogP contribution is -2.36. The van der Waals surface area contributed by atoms with Gasteiger partial charge in [-0.2, -0.15) is 0 Å². The summed E-state index contributed by atoms with van der Waals surface area (Å²) in [6.45, 7) is 0.401. The maximum Gasteiger partial charge on any atom is 0.332 e. The zero-order valence-electron chi connectivity index (χ0n) is 16.4. The summed E-state index contributed by atoms with van der Waals surface area (Å²) >= 11 is 1.18. The number of H-pyrrole nitrogens is 1. The molecule has 0 aliphatic heterocycles. The zero-order chi connectivity index (χ0) is 21.3. The number of aromatic nitrogens is 6. The van der Waals surface area contributed by atoms with Crippen LogP contribution >= 0.6 is 11.5 Å². The summed E-state index contributed by atoms with van der Waals surface area (Å²) in [5.74, 6) is 0.293. The van der Waals surface area contributed by atoms with Crippen LogP contribution in [0.3, 0.4) is 0 Å². The molecular weight excluding hydrogens is 406 g/mol. The minimum atomic E-state index is -0.427. The predicted molar refractivity (Wildman–Crippen MR) is 113 cm³/mol. The standard InChI is InChI=1S/C19H19N7O3S/c1-25-16-14(18(28)26(2)19(25)29)21-12(22-16)9-6-10-20-17(27)13-15(30-24-23-13)11-7-4-3-5-8-11/h3-5,7-8H,6,9-10H2,1-2H3,(H,20,27)(H,21,22). The van der Waals surface area contributed by atoms with E-state index in [0.29, 0.717) is 42.1 Å². The summed E-state index contributed by atoms with van der Waals surface area (Å²) < 4.78 is 6.28. The molecule has 0 spiro atoms. The van der Waals surface area contributed by atoms with E-state index in [-0.39, 0.29) is 5.91 Å². The number of hydrogen-bond acceptors (Lipinski definition) is 7. The smallest absolute Gasteiger partial charge is 0.332 e. The molecule has 0 saturated carbocycles. The third kappa shape index (κ3) is 3.54. The Morgan fingerprint density at radius 2 is 1.93 bits per heavy atom. The van der Waals surface area contributed by atoms with Gasteiger partial charge in [0, 0.05) is 27.1 Å². The Labute approximate surface area is 174 Å². The summed E-state index contributed by atoms with van der Waals surface area (Å²) in [5, 5.41) is 6.81. The molecule has 0 saturated heterocycles. The topological polar surface area (TPSA) is 128 Å². The van der Waals surface area contributed by atoms with Crippen LogP contribution in [-0.4, -0.2) is 41.1 Å². The van der Waals surface area contributed by atoms with Crippen molar-refractivity contribution in [2.75, 3.05) is 6.54 Å². The molecule has 3 heterocycles. The van der Waals surface area contributed by atoms with E-state index in [1.54, 1.807) is 7.05 Å². The lowest BCUT2D eigenvalue weighted by molar-refractivity contribution is 0.0949. The maximum atomic E-state index is 12.5. The normalized spacial score (nSPS) is 11.1.